The van der Waals surface area contributed by atoms with Gasteiger partial charge in [-0.3, -0.25) is 19.1 Å². The lowest BCUT2D eigenvalue weighted by molar-refractivity contribution is -0.142. The maximum Gasteiger partial charge on any atom is 0.345 e. The number of carbonyl (C=O) groups excluding carboxylic acids is 2. The van der Waals surface area contributed by atoms with Crippen LogP contribution in [0.1, 0.15) is 49.7 Å². The average molecular weight is 503 g/mol. The molecule has 0 aliphatic rings. The Hall–Kier alpha value is -1.96. The fourth-order valence-electron chi connectivity index (χ4n) is 2.71. The summed E-state index contributed by atoms with van der Waals surface area (Å²) in [5, 5.41) is 3.08. The Balaban J connectivity index is 2.14. The number of ether oxygens (including phenoxy) is 1. The van der Waals surface area contributed by atoms with Crippen LogP contribution in [-0.4, -0.2) is 35.7 Å². The van der Waals surface area contributed by atoms with E-state index in [0.717, 1.165) is 0 Å². The molecule has 1 amide bonds. The highest BCUT2D eigenvalue weighted by Gasteiger charge is 2.40. The van der Waals surface area contributed by atoms with Gasteiger partial charge in [-0.1, -0.05) is 35.3 Å². The van der Waals surface area contributed by atoms with Crippen molar-refractivity contribution in [3.05, 3.63) is 57.8 Å². The number of halogens is 2. The van der Waals surface area contributed by atoms with Crippen LogP contribution in [0, 0.1) is 0 Å². The number of nitrogens with one attached hydrogen (secondary N) is 1. The van der Waals surface area contributed by atoms with E-state index in [1.165, 1.54) is 19.3 Å². The van der Waals surface area contributed by atoms with Gasteiger partial charge in [0.1, 0.15) is 0 Å². The molecule has 2 rings (SSSR count). The molecule has 1 aromatic heterocycles. The molecule has 1 aromatic carbocycles. The maximum absolute atomic E-state index is 13.2. The molecule has 3 atom stereocenters. The maximum atomic E-state index is 13.2. The molecule has 0 bridgehead atoms. The Bertz CT molecular complexity index is 982. The third kappa shape index (κ3) is 6.53. The number of nitrogens with zero attached hydrogens (tertiary/aromatic N) is 1. The number of rotatable bonds is 10. The van der Waals surface area contributed by atoms with Crippen molar-refractivity contribution in [2.24, 2.45) is 0 Å². The van der Waals surface area contributed by atoms with E-state index in [4.69, 9.17) is 37.0 Å². The lowest BCUT2D eigenvalue weighted by atomic mass is 10.1. The van der Waals surface area contributed by atoms with Crippen LogP contribution in [-0.2, 0) is 23.1 Å². The zero-order valence-corrected chi connectivity index (χ0v) is 20.5. The van der Waals surface area contributed by atoms with Crippen molar-refractivity contribution in [1.82, 2.24) is 4.98 Å². The summed E-state index contributed by atoms with van der Waals surface area (Å²) in [6.07, 6.45) is 2.07. The van der Waals surface area contributed by atoms with Crippen LogP contribution in [0.25, 0.3) is 0 Å². The van der Waals surface area contributed by atoms with E-state index in [2.05, 4.69) is 10.3 Å². The van der Waals surface area contributed by atoms with E-state index < -0.39 is 31.2 Å². The highest BCUT2D eigenvalue weighted by molar-refractivity contribution is 7.55. The number of pyridine rings is 1. The Kier molecular flexibility index (Phi) is 9.67. The number of carbonyl (C=O) groups is 2. The predicted molar refractivity (Wildman–Crippen MR) is 123 cm³/mol. The van der Waals surface area contributed by atoms with E-state index in [-0.39, 0.29) is 28.9 Å². The Morgan fingerprint density at radius 3 is 2.19 bits per heavy atom. The smallest absolute Gasteiger partial charge is 0.345 e. The van der Waals surface area contributed by atoms with Crippen molar-refractivity contribution < 1.29 is 27.9 Å². The first-order valence-corrected chi connectivity index (χ1v) is 12.3. The third-order valence-electron chi connectivity index (χ3n) is 4.45. The largest absolute Gasteiger partial charge is 0.465 e. The average Bonchev–Trinajstić information content (AvgIpc) is 2.76. The van der Waals surface area contributed by atoms with E-state index >= 15 is 0 Å². The summed E-state index contributed by atoms with van der Waals surface area (Å²) in [4.78, 5) is 28.5. The minimum absolute atomic E-state index is 0.104. The second-order valence-electron chi connectivity index (χ2n) is 6.69. The lowest BCUT2D eigenvalue weighted by Crippen LogP contribution is -2.23. The number of esters is 1. The summed E-state index contributed by atoms with van der Waals surface area (Å²) >= 11 is 12.1. The minimum Gasteiger partial charge on any atom is -0.465 e. The molecule has 0 aliphatic heterocycles. The highest BCUT2D eigenvalue weighted by atomic mass is 35.5. The van der Waals surface area contributed by atoms with Gasteiger partial charge in [0.2, 0.25) is 0 Å². The first kappa shape index (κ1) is 26.3. The molecule has 8 nitrogen and oxygen atoms in total. The SMILES string of the molecule is CCOC(=O)C(C)P(=O)(OCC)OC(C)c1ccc(C(=O)Nc2c(Cl)cncc2Cl)cc1. The second kappa shape index (κ2) is 11.8. The van der Waals surface area contributed by atoms with Gasteiger partial charge in [0.25, 0.3) is 5.91 Å². The molecule has 0 saturated heterocycles. The molecule has 11 heteroatoms. The van der Waals surface area contributed by atoms with E-state index in [9.17, 15) is 14.2 Å². The van der Waals surface area contributed by atoms with Crippen LogP contribution in [0.4, 0.5) is 5.69 Å². The number of amides is 1. The van der Waals surface area contributed by atoms with E-state index in [1.54, 1.807) is 45.0 Å². The normalized spacial score (nSPS) is 14.8. The first-order valence-electron chi connectivity index (χ1n) is 9.92. The summed E-state index contributed by atoms with van der Waals surface area (Å²) in [7, 11) is -3.79. The van der Waals surface area contributed by atoms with Gasteiger partial charge in [0.05, 0.1) is 35.1 Å². The molecular weight excluding hydrogens is 478 g/mol. The Morgan fingerprint density at radius 2 is 1.66 bits per heavy atom. The Morgan fingerprint density at radius 1 is 1.06 bits per heavy atom. The summed E-state index contributed by atoms with van der Waals surface area (Å²) < 4.78 is 29.2. The molecule has 1 heterocycles. The summed E-state index contributed by atoms with van der Waals surface area (Å²) in [6.45, 7) is 6.71. The Labute approximate surface area is 197 Å². The van der Waals surface area contributed by atoms with Crippen molar-refractivity contribution in [3.8, 4) is 0 Å². The third-order valence-corrected chi connectivity index (χ3v) is 7.41. The van der Waals surface area contributed by atoms with Gasteiger partial charge < -0.3 is 19.1 Å². The van der Waals surface area contributed by atoms with Gasteiger partial charge in [-0.15, -0.1) is 0 Å². The lowest BCUT2D eigenvalue weighted by Gasteiger charge is -2.26. The molecule has 0 radical (unpaired) electrons. The molecule has 32 heavy (non-hydrogen) atoms. The number of benzene rings is 1. The van der Waals surface area contributed by atoms with Crippen LogP contribution < -0.4 is 5.32 Å². The first-order chi connectivity index (χ1) is 15.1. The van der Waals surface area contributed by atoms with Gasteiger partial charge in [0, 0.05) is 18.0 Å². The molecule has 0 aliphatic carbocycles. The number of hydrogen-bond acceptors (Lipinski definition) is 7. The topological polar surface area (TPSA) is 104 Å². The van der Waals surface area contributed by atoms with Gasteiger partial charge in [-0.05, 0) is 45.4 Å². The van der Waals surface area contributed by atoms with Gasteiger partial charge in [-0.2, -0.15) is 0 Å². The molecule has 174 valence electrons. The second-order valence-corrected chi connectivity index (χ2v) is 9.83. The van der Waals surface area contributed by atoms with Gasteiger partial charge >= 0.3 is 13.6 Å². The monoisotopic (exact) mass is 502 g/mol. The zero-order valence-electron chi connectivity index (χ0n) is 18.1. The van der Waals surface area contributed by atoms with Crippen molar-refractivity contribution >= 4 is 48.4 Å². The summed E-state index contributed by atoms with van der Waals surface area (Å²) in [5.74, 6) is -1.08. The molecular formula is C21H25Cl2N2O6P. The van der Waals surface area contributed by atoms with Crippen molar-refractivity contribution in [2.75, 3.05) is 18.5 Å². The number of hydrogen-bond donors (Lipinski definition) is 1. The quantitative estimate of drug-likeness (QED) is 0.318. The fraction of sp³-hybridized carbons (Fsp3) is 0.381. The molecule has 1 N–H and O–H groups in total. The molecule has 0 saturated carbocycles. The predicted octanol–water partition coefficient (Wildman–Crippen LogP) is 5.90. The standard InChI is InChI=1S/C21H25Cl2N2O6P/c1-5-29-21(27)14(4)32(28,30-6-2)31-13(3)15-7-9-16(10-8-15)20(26)25-19-17(22)11-24-12-18(19)23/h7-14H,5-6H2,1-4H3,(H,24,25,26). The van der Waals surface area contributed by atoms with Crippen LogP contribution in [0.2, 0.25) is 10.0 Å². The summed E-state index contributed by atoms with van der Waals surface area (Å²) in [6, 6.07) is 6.46. The highest BCUT2D eigenvalue weighted by Crippen LogP contribution is 2.56. The van der Waals surface area contributed by atoms with Crippen LogP contribution in [0.5, 0.6) is 0 Å². The zero-order chi connectivity index (χ0) is 23.9. The van der Waals surface area contributed by atoms with E-state index in [0.29, 0.717) is 11.1 Å². The molecule has 0 fully saturated rings. The summed E-state index contributed by atoms with van der Waals surface area (Å²) in [5.41, 5.74) is 0.166. The number of anilines is 1. The molecule has 0 spiro atoms. The minimum atomic E-state index is -3.79. The molecule has 3 unspecified atom stereocenters. The van der Waals surface area contributed by atoms with Crippen LogP contribution in [0.15, 0.2) is 36.7 Å². The van der Waals surface area contributed by atoms with Crippen LogP contribution >= 0.6 is 30.8 Å². The molecule has 2 aromatic rings. The number of aromatic nitrogens is 1. The van der Waals surface area contributed by atoms with Crippen molar-refractivity contribution in [1.29, 1.82) is 0 Å². The van der Waals surface area contributed by atoms with Crippen molar-refractivity contribution in [2.45, 2.75) is 39.5 Å². The van der Waals surface area contributed by atoms with Crippen molar-refractivity contribution in [3.63, 3.8) is 0 Å². The van der Waals surface area contributed by atoms with E-state index in [1.807, 2.05) is 0 Å². The fourth-order valence-corrected chi connectivity index (χ4v) is 4.89. The van der Waals surface area contributed by atoms with Gasteiger partial charge in [0.15, 0.2) is 5.66 Å². The van der Waals surface area contributed by atoms with Gasteiger partial charge in [-0.25, -0.2) is 0 Å². The van der Waals surface area contributed by atoms with Crippen LogP contribution in [0.3, 0.4) is 0 Å².